The maximum Gasteiger partial charge on any atom is 0.0295 e. The van der Waals surface area contributed by atoms with Crippen molar-refractivity contribution in [2.24, 2.45) is 0 Å². The Bertz CT molecular complexity index is 328. The van der Waals surface area contributed by atoms with Gasteiger partial charge in [-0.1, -0.05) is 6.92 Å². The Morgan fingerprint density at radius 1 is 1.41 bits per heavy atom. The van der Waals surface area contributed by atoms with Gasteiger partial charge in [0.25, 0.3) is 0 Å². The van der Waals surface area contributed by atoms with E-state index in [-0.39, 0.29) is 0 Å². The van der Waals surface area contributed by atoms with Gasteiger partial charge in [-0.25, -0.2) is 0 Å². The minimum Gasteiger partial charge on any atom is -0.307 e. The van der Waals surface area contributed by atoms with Gasteiger partial charge in [0.05, 0.1) is 0 Å². The van der Waals surface area contributed by atoms with Gasteiger partial charge in [-0.2, -0.15) is 11.8 Å². The minimum atomic E-state index is 0.438. The number of aromatic nitrogens is 1. The van der Waals surface area contributed by atoms with E-state index in [4.69, 9.17) is 0 Å². The number of nitrogens with zero attached hydrogens (tertiary/aromatic N) is 1. The molecule has 0 amide bonds. The van der Waals surface area contributed by atoms with Gasteiger partial charge in [0, 0.05) is 29.7 Å². The third-order valence-electron chi connectivity index (χ3n) is 3.48. The summed E-state index contributed by atoms with van der Waals surface area (Å²) in [6, 6.07) is 5.34. The maximum absolute atomic E-state index is 4.06. The number of hydrogen-bond acceptors (Lipinski definition) is 3. The molecule has 3 heteroatoms. The van der Waals surface area contributed by atoms with Gasteiger partial charge in [-0.05, 0) is 49.6 Å². The van der Waals surface area contributed by atoms with Crippen molar-refractivity contribution in [1.29, 1.82) is 0 Å². The molecule has 1 N–H and O–H groups in total. The molecular weight excluding hydrogens is 228 g/mol. The lowest BCUT2D eigenvalue weighted by atomic mass is 10.1. The van der Waals surface area contributed by atoms with E-state index in [1.54, 1.807) is 0 Å². The number of hydrogen-bond donors (Lipinski definition) is 1. The molecule has 0 radical (unpaired) electrons. The fraction of sp³-hybridized carbons (Fsp3) is 0.643. The summed E-state index contributed by atoms with van der Waals surface area (Å²) < 4.78 is 0. The predicted octanol–water partition coefficient (Wildman–Crippen LogP) is 3.41. The monoisotopic (exact) mass is 250 g/mol. The fourth-order valence-electron chi connectivity index (χ4n) is 2.58. The molecule has 0 bridgehead atoms. The van der Waals surface area contributed by atoms with E-state index in [0.29, 0.717) is 12.1 Å². The summed E-state index contributed by atoms with van der Waals surface area (Å²) in [6.07, 6.45) is 7.77. The zero-order valence-electron chi connectivity index (χ0n) is 10.7. The second-order valence-corrected chi connectivity index (χ2v) is 6.33. The first kappa shape index (κ1) is 12.9. The van der Waals surface area contributed by atoms with Crippen molar-refractivity contribution in [3.05, 3.63) is 30.1 Å². The van der Waals surface area contributed by atoms with Crippen molar-refractivity contribution in [3.8, 4) is 0 Å². The van der Waals surface area contributed by atoms with Gasteiger partial charge >= 0.3 is 0 Å². The third kappa shape index (κ3) is 3.71. The summed E-state index contributed by atoms with van der Waals surface area (Å²) in [4.78, 5) is 4.06. The molecule has 1 aromatic rings. The lowest BCUT2D eigenvalue weighted by Gasteiger charge is -2.19. The molecule has 1 heterocycles. The van der Waals surface area contributed by atoms with Crippen LogP contribution in [0.4, 0.5) is 0 Å². The molecule has 1 aliphatic carbocycles. The van der Waals surface area contributed by atoms with Crippen LogP contribution in [0, 0.1) is 0 Å². The molecule has 1 aromatic heterocycles. The van der Waals surface area contributed by atoms with Gasteiger partial charge in [-0.3, -0.25) is 4.98 Å². The van der Waals surface area contributed by atoms with Crippen LogP contribution in [-0.4, -0.2) is 22.0 Å². The van der Waals surface area contributed by atoms with E-state index < -0.39 is 0 Å². The summed E-state index contributed by atoms with van der Waals surface area (Å²) in [7, 11) is 0. The summed E-state index contributed by atoms with van der Waals surface area (Å²) in [6.45, 7) is 4.50. The second kappa shape index (κ2) is 6.41. The Morgan fingerprint density at radius 3 is 2.88 bits per heavy atom. The SMILES string of the molecule is CCSC1CCC(NC(C)c2ccncc2)C1. The van der Waals surface area contributed by atoms with E-state index in [9.17, 15) is 0 Å². The van der Waals surface area contributed by atoms with Gasteiger partial charge < -0.3 is 5.32 Å². The molecule has 0 saturated heterocycles. The van der Waals surface area contributed by atoms with E-state index in [0.717, 1.165) is 5.25 Å². The summed E-state index contributed by atoms with van der Waals surface area (Å²) in [5.41, 5.74) is 1.34. The molecular formula is C14H22N2S. The first-order chi connectivity index (χ1) is 8.29. The Hall–Kier alpha value is -0.540. The molecule has 0 aromatic carbocycles. The van der Waals surface area contributed by atoms with Crippen molar-refractivity contribution >= 4 is 11.8 Å². The largest absolute Gasteiger partial charge is 0.307 e. The first-order valence-electron chi connectivity index (χ1n) is 6.57. The molecule has 3 atom stereocenters. The smallest absolute Gasteiger partial charge is 0.0295 e. The van der Waals surface area contributed by atoms with E-state index >= 15 is 0 Å². The number of thioether (sulfide) groups is 1. The van der Waals surface area contributed by atoms with E-state index in [1.807, 2.05) is 12.4 Å². The molecule has 1 aliphatic rings. The highest BCUT2D eigenvalue weighted by atomic mass is 32.2. The summed E-state index contributed by atoms with van der Waals surface area (Å²) in [5, 5.41) is 4.62. The van der Waals surface area contributed by atoms with Gasteiger partial charge in [0.2, 0.25) is 0 Å². The van der Waals surface area contributed by atoms with Crippen LogP contribution >= 0.6 is 11.8 Å². The molecule has 17 heavy (non-hydrogen) atoms. The minimum absolute atomic E-state index is 0.438. The number of rotatable bonds is 5. The van der Waals surface area contributed by atoms with E-state index in [1.165, 1.54) is 30.6 Å². The van der Waals surface area contributed by atoms with Crippen LogP contribution in [0.3, 0.4) is 0 Å². The Morgan fingerprint density at radius 2 is 2.18 bits per heavy atom. The van der Waals surface area contributed by atoms with Crippen LogP contribution in [0.25, 0.3) is 0 Å². The van der Waals surface area contributed by atoms with Crippen LogP contribution in [-0.2, 0) is 0 Å². The third-order valence-corrected chi connectivity index (χ3v) is 4.71. The summed E-state index contributed by atoms with van der Waals surface area (Å²) >= 11 is 2.12. The van der Waals surface area contributed by atoms with Crippen LogP contribution < -0.4 is 5.32 Å². The summed E-state index contributed by atoms with van der Waals surface area (Å²) in [5.74, 6) is 1.25. The molecule has 2 nitrogen and oxygen atoms in total. The van der Waals surface area contributed by atoms with Crippen molar-refractivity contribution < 1.29 is 0 Å². The molecule has 2 rings (SSSR count). The van der Waals surface area contributed by atoms with E-state index in [2.05, 4.69) is 48.0 Å². The highest BCUT2D eigenvalue weighted by Gasteiger charge is 2.25. The lowest BCUT2D eigenvalue weighted by Crippen LogP contribution is -2.29. The van der Waals surface area contributed by atoms with Crippen LogP contribution in [0.15, 0.2) is 24.5 Å². The van der Waals surface area contributed by atoms with Crippen LogP contribution in [0.2, 0.25) is 0 Å². The van der Waals surface area contributed by atoms with Crippen molar-refractivity contribution in [3.63, 3.8) is 0 Å². The van der Waals surface area contributed by atoms with Gasteiger partial charge in [0.1, 0.15) is 0 Å². The van der Waals surface area contributed by atoms with Gasteiger partial charge in [0.15, 0.2) is 0 Å². The maximum atomic E-state index is 4.06. The second-order valence-electron chi connectivity index (χ2n) is 4.76. The molecule has 3 unspecified atom stereocenters. The highest BCUT2D eigenvalue weighted by Crippen LogP contribution is 2.30. The van der Waals surface area contributed by atoms with Crippen molar-refractivity contribution in [1.82, 2.24) is 10.3 Å². The molecule has 0 aliphatic heterocycles. The fourth-order valence-corrected chi connectivity index (χ4v) is 3.72. The topological polar surface area (TPSA) is 24.9 Å². The molecule has 94 valence electrons. The zero-order chi connectivity index (χ0) is 12.1. The van der Waals surface area contributed by atoms with Gasteiger partial charge in [-0.15, -0.1) is 0 Å². The predicted molar refractivity (Wildman–Crippen MR) is 75.3 cm³/mol. The number of nitrogens with one attached hydrogen (secondary N) is 1. The Kier molecular flexibility index (Phi) is 4.86. The van der Waals surface area contributed by atoms with Crippen LogP contribution in [0.5, 0.6) is 0 Å². The molecule has 0 spiro atoms. The Labute approximate surface area is 109 Å². The highest BCUT2D eigenvalue weighted by molar-refractivity contribution is 7.99. The zero-order valence-corrected chi connectivity index (χ0v) is 11.5. The van der Waals surface area contributed by atoms with Crippen LogP contribution in [0.1, 0.15) is 44.7 Å². The molecule has 1 saturated carbocycles. The first-order valence-corrected chi connectivity index (χ1v) is 7.62. The quantitative estimate of drug-likeness (QED) is 0.867. The average Bonchev–Trinajstić information content (AvgIpc) is 2.78. The Balaban J connectivity index is 1.82. The lowest BCUT2D eigenvalue weighted by molar-refractivity contribution is 0.462. The average molecular weight is 250 g/mol. The van der Waals surface area contributed by atoms with Crippen molar-refractivity contribution in [2.75, 3.05) is 5.75 Å². The normalized spacial score (nSPS) is 26.0. The van der Waals surface area contributed by atoms with Crippen molar-refractivity contribution in [2.45, 2.75) is 50.4 Å². The molecule has 1 fully saturated rings. The number of pyridine rings is 1. The standard InChI is InChI=1S/C14H22N2S/c1-3-17-14-5-4-13(10-14)16-11(2)12-6-8-15-9-7-12/h6-9,11,13-14,16H,3-5,10H2,1-2H3.